The van der Waals surface area contributed by atoms with Gasteiger partial charge in [0.2, 0.25) is 15.9 Å². The number of fused-ring (bicyclic) bond motifs is 1. The van der Waals surface area contributed by atoms with Gasteiger partial charge < -0.3 is 5.32 Å². The average molecular weight is 488 g/mol. The monoisotopic (exact) mass is 487 g/mol. The van der Waals surface area contributed by atoms with Crippen LogP contribution in [-0.4, -0.2) is 36.7 Å². The smallest absolute Gasteiger partial charge is 0.243 e. The fraction of sp³-hybridized carbons (Fsp3) is 0.263. The molecule has 1 aromatic heterocycles. The number of amides is 1. The maximum Gasteiger partial charge on any atom is 0.243 e. The van der Waals surface area contributed by atoms with Gasteiger partial charge in [0.1, 0.15) is 5.82 Å². The van der Waals surface area contributed by atoms with E-state index in [0.717, 1.165) is 22.3 Å². The first-order valence-electron chi connectivity index (χ1n) is 9.06. The van der Waals surface area contributed by atoms with Crippen molar-refractivity contribution < 1.29 is 17.6 Å². The average Bonchev–Trinajstić information content (AvgIpc) is 3.11. The maximum atomic E-state index is 13.3. The third kappa shape index (κ3) is 4.31. The number of nitrogens with one attached hydrogen (secondary N) is 1. The van der Waals surface area contributed by atoms with Crippen molar-refractivity contribution in [2.45, 2.75) is 17.7 Å². The van der Waals surface area contributed by atoms with Gasteiger partial charge in [-0.3, -0.25) is 4.79 Å². The topological polar surface area (TPSA) is 79.4 Å². The number of carbonyl (C=O) groups is 1. The van der Waals surface area contributed by atoms with Crippen LogP contribution >= 0.6 is 34.5 Å². The van der Waals surface area contributed by atoms with E-state index < -0.39 is 15.8 Å². The van der Waals surface area contributed by atoms with E-state index in [1.165, 1.54) is 21.7 Å². The molecule has 0 bridgehead atoms. The van der Waals surface area contributed by atoms with Crippen LogP contribution in [0.1, 0.15) is 12.8 Å². The van der Waals surface area contributed by atoms with Crippen molar-refractivity contribution in [1.82, 2.24) is 9.29 Å². The van der Waals surface area contributed by atoms with Gasteiger partial charge in [0, 0.05) is 24.0 Å². The number of benzene rings is 2. The minimum Gasteiger partial charge on any atom is -0.302 e. The highest BCUT2D eigenvalue weighted by Crippen LogP contribution is 2.30. The van der Waals surface area contributed by atoms with Gasteiger partial charge in [0.25, 0.3) is 0 Å². The van der Waals surface area contributed by atoms with Crippen LogP contribution in [0.4, 0.5) is 9.52 Å². The van der Waals surface area contributed by atoms with E-state index >= 15 is 0 Å². The molecule has 0 unspecified atom stereocenters. The van der Waals surface area contributed by atoms with Crippen LogP contribution in [0.15, 0.2) is 41.3 Å². The molecule has 1 aliphatic heterocycles. The molecule has 6 nitrogen and oxygen atoms in total. The molecule has 1 N–H and O–H groups in total. The molecule has 1 aliphatic rings. The van der Waals surface area contributed by atoms with Crippen molar-refractivity contribution in [2.75, 3.05) is 18.4 Å². The Bertz CT molecular complexity index is 1220. The fourth-order valence-corrected chi connectivity index (χ4v) is 6.19. The molecule has 158 valence electrons. The normalized spacial score (nSPS) is 16.1. The van der Waals surface area contributed by atoms with Gasteiger partial charge in [0.05, 0.1) is 20.1 Å². The molecule has 2 aromatic carbocycles. The van der Waals surface area contributed by atoms with E-state index in [1.54, 1.807) is 18.2 Å². The number of nitrogens with zero attached hydrogens (tertiary/aromatic N) is 2. The van der Waals surface area contributed by atoms with Gasteiger partial charge in [-0.15, -0.1) is 0 Å². The van der Waals surface area contributed by atoms with Gasteiger partial charge in [-0.2, -0.15) is 4.31 Å². The van der Waals surface area contributed by atoms with E-state index in [9.17, 15) is 17.6 Å². The Morgan fingerprint density at radius 1 is 1.17 bits per heavy atom. The molecule has 0 saturated carbocycles. The molecular weight excluding hydrogens is 472 g/mol. The Morgan fingerprint density at radius 2 is 1.90 bits per heavy atom. The summed E-state index contributed by atoms with van der Waals surface area (Å²) in [6.45, 7) is 0.371. The van der Waals surface area contributed by atoms with Gasteiger partial charge in [-0.25, -0.2) is 17.8 Å². The zero-order valence-electron chi connectivity index (χ0n) is 15.4. The second kappa shape index (κ2) is 8.39. The number of thiazole rings is 1. The van der Waals surface area contributed by atoms with E-state index in [2.05, 4.69) is 10.3 Å². The number of rotatable bonds is 4. The minimum atomic E-state index is -3.80. The third-order valence-electron chi connectivity index (χ3n) is 4.93. The van der Waals surface area contributed by atoms with Crippen LogP contribution in [-0.2, 0) is 14.8 Å². The molecule has 11 heteroatoms. The highest BCUT2D eigenvalue weighted by atomic mass is 35.5. The molecule has 0 spiro atoms. The van der Waals surface area contributed by atoms with Gasteiger partial charge in [-0.1, -0.05) is 34.5 Å². The van der Waals surface area contributed by atoms with Crippen LogP contribution < -0.4 is 5.32 Å². The van der Waals surface area contributed by atoms with Crippen molar-refractivity contribution in [1.29, 1.82) is 0 Å². The summed E-state index contributed by atoms with van der Waals surface area (Å²) in [5.74, 6) is -1.20. The predicted molar refractivity (Wildman–Crippen MR) is 116 cm³/mol. The van der Waals surface area contributed by atoms with E-state index in [4.69, 9.17) is 23.2 Å². The van der Waals surface area contributed by atoms with E-state index in [1.807, 2.05) is 0 Å². The number of anilines is 1. The van der Waals surface area contributed by atoms with Crippen LogP contribution in [0.3, 0.4) is 0 Å². The number of hydrogen-bond donors (Lipinski definition) is 1. The molecule has 2 heterocycles. The number of piperidine rings is 1. The molecule has 4 rings (SSSR count). The Morgan fingerprint density at radius 3 is 2.60 bits per heavy atom. The molecular formula is C19H16Cl2FN3O3S2. The van der Waals surface area contributed by atoms with Crippen LogP contribution in [0, 0.1) is 11.7 Å². The number of halogens is 3. The molecule has 0 atom stereocenters. The summed E-state index contributed by atoms with van der Waals surface area (Å²) < 4.78 is 41.0. The number of hydrogen-bond acceptors (Lipinski definition) is 5. The van der Waals surface area contributed by atoms with Crippen molar-refractivity contribution in [3.63, 3.8) is 0 Å². The zero-order valence-corrected chi connectivity index (χ0v) is 18.6. The largest absolute Gasteiger partial charge is 0.302 e. The van der Waals surface area contributed by atoms with Crippen molar-refractivity contribution in [3.8, 4) is 0 Å². The Kier molecular flexibility index (Phi) is 6.00. The summed E-state index contributed by atoms with van der Waals surface area (Å²) in [7, 11) is -3.80. The lowest BCUT2D eigenvalue weighted by molar-refractivity contribution is -0.120. The first kappa shape index (κ1) is 21.5. The Labute approximate surface area is 186 Å². The molecule has 0 aliphatic carbocycles. The molecule has 30 heavy (non-hydrogen) atoms. The van der Waals surface area contributed by atoms with Crippen molar-refractivity contribution in [3.05, 3.63) is 52.3 Å². The highest BCUT2D eigenvalue weighted by molar-refractivity contribution is 7.89. The lowest BCUT2D eigenvalue weighted by Crippen LogP contribution is -2.41. The summed E-state index contributed by atoms with van der Waals surface area (Å²) >= 11 is 13.0. The quantitative estimate of drug-likeness (QED) is 0.573. The van der Waals surface area contributed by atoms with Crippen LogP contribution in [0.25, 0.3) is 10.2 Å². The molecule has 3 aromatic rings. The summed E-state index contributed by atoms with van der Waals surface area (Å²) in [4.78, 5) is 16.9. The van der Waals surface area contributed by atoms with E-state index in [0.29, 0.717) is 23.0 Å². The highest BCUT2D eigenvalue weighted by Gasteiger charge is 2.32. The van der Waals surface area contributed by atoms with Crippen LogP contribution in [0.5, 0.6) is 0 Å². The predicted octanol–water partition coefficient (Wildman–Crippen LogP) is 4.78. The van der Waals surface area contributed by atoms with Crippen LogP contribution in [0.2, 0.25) is 10.0 Å². The third-order valence-corrected chi connectivity index (χ3v) is 8.29. The lowest BCUT2D eigenvalue weighted by atomic mass is 9.97. The molecule has 1 fully saturated rings. The standard InChI is InChI=1S/C19H16Cl2FN3O3S2/c20-12-1-4-16-17(9-12)29-19(23-16)24-18(26)11-5-7-25(8-6-11)30(27,28)13-2-3-15(22)14(21)10-13/h1-4,9-11H,5-8H2,(H,23,24,26). The first-order chi connectivity index (χ1) is 14.2. The number of carbonyl (C=O) groups excluding carboxylic acids is 1. The number of aromatic nitrogens is 1. The summed E-state index contributed by atoms with van der Waals surface area (Å²) in [6.07, 6.45) is 0.743. The molecule has 0 radical (unpaired) electrons. The van der Waals surface area contributed by atoms with Crippen molar-refractivity contribution >= 4 is 65.8 Å². The van der Waals surface area contributed by atoms with Gasteiger partial charge >= 0.3 is 0 Å². The van der Waals surface area contributed by atoms with E-state index in [-0.39, 0.29) is 34.8 Å². The fourth-order valence-electron chi connectivity index (χ4n) is 3.30. The summed E-state index contributed by atoms with van der Waals surface area (Å²) in [6, 6.07) is 8.63. The Hall–Kier alpha value is -1.78. The second-order valence-corrected chi connectivity index (χ2v) is 10.7. The first-order valence-corrected chi connectivity index (χ1v) is 12.1. The molecule has 1 amide bonds. The summed E-state index contributed by atoms with van der Waals surface area (Å²) in [5, 5.41) is 3.65. The Balaban J connectivity index is 1.40. The van der Waals surface area contributed by atoms with Gasteiger partial charge in [0.15, 0.2) is 5.13 Å². The number of sulfonamides is 1. The zero-order chi connectivity index (χ0) is 21.5. The van der Waals surface area contributed by atoms with Gasteiger partial charge in [-0.05, 0) is 49.2 Å². The SMILES string of the molecule is O=C(Nc1nc2ccc(Cl)cc2s1)C1CCN(S(=O)(=O)c2ccc(F)c(Cl)c2)CC1. The molecule has 1 saturated heterocycles. The lowest BCUT2D eigenvalue weighted by Gasteiger charge is -2.30. The maximum absolute atomic E-state index is 13.3. The summed E-state index contributed by atoms with van der Waals surface area (Å²) in [5.41, 5.74) is 0.749. The second-order valence-electron chi connectivity index (χ2n) is 6.87. The minimum absolute atomic E-state index is 0.0649. The van der Waals surface area contributed by atoms with Crippen molar-refractivity contribution in [2.24, 2.45) is 5.92 Å².